The lowest BCUT2D eigenvalue weighted by Crippen LogP contribution is -1.87. The molecule has 0 N–H and O–H groups in total. The molecule has 70 valence electrons. The van der Waals surface area contributed by atoms with Gasteiger partial charge in [-0.2, -0.15) is 12.6 Å². The molecule has 0 bridgehead atoms. The molecule has 0 unspecified atom stereocenters. The maximum Gasteiger partial charge on any atom is 0.0655 e. The maximum atomic E-state index is 4.34. The first-order chi connectivity index (χ1) is 6.24. The molecule has 1 nitrogen and oxygen atoms in total. The van der Waals surface area contributed by atoms with Crippen molar-refractivity contribution in [2.45, 2.75) is 20.3 Å². The minimum atomic E-state index is 0.890. The van der Waals surface area contributed by atoms with Gasteiger partial charge in [0.2, 0.25) is 0 Å². The number of hydrogen-bond donors (Lipinski definition) is 1. The third-order valence-electron chi connectivity index (χ3n) is 1.83. The van der Waals surface area contributed by atoms with Crippen LogP contribution in [0.5, 0.6) is 0 Å². The molecule has 0 amide bonds. The minimum absolute atomic E-state index is 0.890. The van der Waals surface area contributed by atoms with Crippen molar-refractivity contribution in [2.75, 3.05) is 5.75 Å². The Bertz CT molecular complexity index is 305. The first-order valence-electron chi connectivity index (χ1n) is 4.44. The number of hydrogen-bond acceptors (Lipinski definition) is 2. The third-order valence-corrected chi connectivity index (χ3v) is 2.09. The fourth-order valence-corrected chi connectivity index (χ4v) is 1.32. The van der Waals surface area contributed by atoms with Gasteiger partial charge in [-0.1, -0.05) is 12.1 Å². The SMILES string of the molecule is Cc1cnc(C=CCCS)c(C)c1. The van der Waals surface area contributed by atoms with Crippen LogP contribution in [0.15, 0.2) is 18.3 Å². The van der Waals surface area contributed by atoms with Gasteiger partial charge in [-0.05, 0) is 43.2 Å². The number of allylic oxidation sites excluding steroid dienone is 1. The Labute approximate surface area is 85.3 Å². The van der Waals surface area contributed by atoms with Gasteiger partial charge in [0.1, 0.15) is 0 Å². The molecule has 0 saturated heterocycles. The van der Waals surface area contributed by atoms with Gasteiger partial charge in [0, 0.05) is 6.20 Å². The second-order valence-electron chi connectivity index (χ2n) is 3.13. The number of thiol groups is 1. The van der Waals surface area contributed by atoms with Crippen LogP contribution in [-0.4, -0.2) is 10.7 Å². The van der Waals surface area contributed by atoms with E-state index in [0.717, 1.165) is 17.9 Å². The summed E-state index contributed by atoms with van der Waals surface area (Å²) in [5, 5.41) is 0. The molecule has 1 heterocycles. The van der Waals surface area contributed by atoms with E-state index in [-0.39, 0.29) is 0 Å². The Morgan fingerprint density at radius 1 is 1.46 bits per heavy atom. The van der Waals surface area contributed by atoms with Gasteiger partial charge >= 0.3 is 0 Å². The number of rotatable bonds is 3. The number of aryl methyl sites for hydroxylation is 2. The smallest absolute Gasteiger partial charge is 0.0655 e. The van der Waals surface area contributed by atoms with E-state index in [9.17, 15) is 0 Å². The van der Waals surface area contributed by atoms with Crippen LogP contribution in [0.25, 0.3) is 6.08 Å². The summed E-state index contributed by atoms with van der Waals surface area (Å²) >= 11 is 4.14. The molecule has 0 spiro atoms. The van der Waals surface area contributed by atoms with Crippen LogP contribution in [0, 0.1) is 13.8 Å². The molecule has 0 radical (unpaired) electrons. The van der Waals surface area contributed by atoms with Crippen molar-refractivity contribution in [1.29, 1.82) is 0 Å². The summed E-state index contributed by atoms with van der Waals surface area (Å²) in [5.74, 6) is 0.890. The predicted octanol–water partition coefficient (Wildman–Crippen LogP) is 3.03. The van der Waals surface area contributed by atoms with Gasteiger partial charge in [0.15, 0.2) is 0 Å². The van der Waals surface area contributed by atoms with E-state index in [1.165, 1.54) is 11.1 Å². The topological polar surface area (TPSA) is 12.9 Å². The number of aromatic nitrogens is 1. The molecule has 2 heteroatoms. The van der Waals surface area contributed by atoms with E-state index in [1.54, 1.807) is 0 Å². The maximum absolute atomic E-state index is 4.34. The van der Waals surface area contributed by atoms with Crippen LogP contribution in [0.3, 0.4) is 0 Å². The normalized spacial score (nSPS) is 11.0. The lowest BCUT2D eigenvalue weighted by molar-refractivity contribution is 1.18. The van der Waals surface area contributed by atoms with Gasteiger partial charge < -0.3 is 0 Å². The fourth-order valence-electron chi connectivity index (χ4n) is 1.17. The van der Waals surface area contributed by atoms with Gasteiger partial charge in [-0.3, -0.25) is 4.98 Å². The summed E-state index contributed by atoms with van der Waals surface area (Å²) in [7, 11) is 0. The molecule has 0 aliphatic carbocycles. The molecule has 1 rings (SSSR count). The van der Waals surface area contributed by atoms with Crippen molar-refractivity contribution in [2.24, 2.45) is 0 Å². The number of nitrogens with zero attached hydrogens (tertiary/aromatic N) is 1. The molecule has 0 aliphatic rings. The van der Waals surface area contributed by atoms with Crippen LogP contribution < -0.4 is 0 Å². The second kappa shape index (κ2) is 5.07. The zero-order chi connectivity index (χ0) is 9.68. The van der Waals surface area contributed by atoms with Gasteiger partial charge in [-0.15, -0.1) is 0 Å². The Morgan fingerprint density at radius 3 is 2.85 bits per heavy atom. The van der Waals surface area contributed by atoms with Crippen LogP contribution in [0.2, 0.25) is 0 Å². The van der Waals surface area contributed by atoms with E-state index in [2.05, 4.69) is 49.7 Å². The highest BCUT2D eigenvalue weighted by Crippen LogP contribution is 2.08. The monoisotopic (exact) mass is 193 g/mol. The standard InChI is InChI=1S/C11H15NS/c1-9-7-10(2)11(12-8-9)5-3-4-6-13/h3,5,7-8,13H,4,6H2,1-2H3. The summed E-state index contributed by atoms with van der Waals surface area (Å²) in [5.41, 5.74) is 3.51. The molecule has 13 heavy (non-hydrogen) atoms. The van der Waals surface area contributed by atoms with E-state index >= 15 is 0 Å². The number of pyridine rings is 1. The molecule has 0 aliphatic heterocycles. The van der Waals surface area contributed by atoms with Crippen molar-refractivity contribution in [3.8, 4) is 0 Å². The zero-order valence-corrected chi connectivity index (χ0v) is 9.01. The zero-order valence-electron chi connectivity index (χ0n) is 8.12. The highest BCUT2D eigenvalue weighted by atomic mass is 32.1. The summed E-state index contributed by atoms with van der Waals surface area (Å²) in [4.78, 5) is 4.34. The van der Waals surface area contributed by atoms with Gasteiger partial charge in [0.25, 0.3) is 0 Å². The van der Waals surface area contributed by atoms with Crippen molar-refractivity contribution >= 4 is 18.7 Å². The quantitative estimate of drug-likeness (QED) is 0.728. The highest BCUT2D eigenvalue weighted by Gasteiger charge is 1.94. The molecule has 1 aromatic rings. The molecular formula is C11H15NS. The van der Waals surface area contributed by atoms with E-state index < -0.39 is 0 Å². The minimum Gasteiger partial charge on any atom is -0.256 e. The molecular weight excluding hydrogens is 178 g/mol. The molecule has 0 atom stereocenters. The van der Waals surface area contributed by atoms with Gasteiger partial charge in [-0.25, -0.2) is 0 Å². The summed E-state index contributed by atoms with van der Waals surface area (Å²) in [6, 6.07) is 2.15. The molecule has 0 aromatic carbocycles. The lowest BCUT2D eigenvalue weighted by Gasteiger charge is -1.99. The van der Waals surface area contributed by atoms with Crippen LogP contribution in [0.4, 0.5) is 0 Å². The summed E-state index contributed by atoms with van der Waals surface area (Å²) < 4.78 is 0. The van der Waals surface area contributed by atoms with E-state index in [0.29, 0.717) is 0 Å². The average Bonchev–Trinajstić information content (AvgIpc) is 2.09. The molecule has 0 saturated carbocycles. The Balaban J connectivity index is 2.77. The van der Waals surface area contributed by atoms with Crippen LogP contribution in [0.1, 0.15) is 23.2 Å². The Kier molecular flexibility index (Phi) is 4.03. The van der Waals surface area contributed by atoms with Crippen LogP contribution >= 0.6 is 12.6 Å². The first-order valence-corrected chi connectivity index (χ1v) is 5.08. The summed E-state index contributed by atoms with van der Waals surface area (Å²) in [6.07, 6.45) is 7.06. The van der Waals surface area contributed by atoms with Crippen molar-refractivity contribution < 1.29 is 0 Å². The van der Waals surface area contributed by atoms with Gasteiger partial charge in [0.05, 0.1) is 5.69 Å². The second-order valence-corrected chi connectivity index (χ2v) is 3.58. The van der Waals surface area contributed by atoms with E-state index in [4.69, 9.17) is 0 Å². The van der Waals surface area contributed by atoms with Crippen molar-refractivity contribution in [1.82, 2.24) is 4.98 Å². The van der Waals surface area contributed by atoms with E-state index in [1.807, 2.05) is 6.20 Å². The van der Waals surface area contributed by atoms with Crippen LogP contribution in [-0.2, 0) is 0 Å². The predicted molar refractivity (Wildman–Crippen MR) is 61.2 cm³/mol. The summed E-state index contributed by atoms with van der Waals surface area (Å²) in [6.45, 7) is 4.14. The first kappa shape index (κ1) is 10.3. The lowest BCUT2D eigenvalue weighted by atomic mass is 10.1. The largest absolute Gasteiger partial charge is 0.256 e. The third kappa shape index (κ3) is 3.23. The molecule has 1 aromatic heterocycles. The molecule has 0 fully saturated rings. The van der Waals surface area contributed by atoms with Crippen molar-refractivity contribution in [3.05, 3.63) is 35.2 Å². The fraction of sp³-hybridized carbons (Fsp3) is 0.364. The highest BCUT2D eigenvalue weighted by molar-refractivity contribution is 7.80. The van der Waals surface area contributed by atoms with Crippen molar-refractivity contribution in [3.63, 3.8) is 0 Å². The average molecular weight is 193 g/mol. The Morgan fingerprint density at radius 2 is 2.23 bits per heavy atom. The Hall–Kier alpha value is -0.760.